The summed E-state index contributed by atoms with van der Waals surface area (Å²) in [6.07, 6.45) is 0. The SMILES string of the molecule is COCC(NC(=O)c1cc(Br)cc(S(N)(=O)=O)c1)C(C)C. The number of rotatable bonds is 6. The van der Waals surface area contributed by atoms with E-state index >= 15 is 0 Å². The molecule has 0 aliphatic heterocycles. The van der Waals surface area contributed by atoms with Gasteiger partial charge in [-0.3, -0.25) is 4.79 Å². The maximum absolute atomic E-state index is 12.2. The first-order chi connectivity index (χ1) is 9.65. The molecule has 8 heteroatoms. The molecule has 0 aliphatic rings. The number of nitrogens with one attached hydrogen (secondary N) is 1. The lowest BCUT2D eigenvalue weighted by molar-refractivity contribution is 0.0866. The number of sulfonamides is 1. The van der Waals surface area contributed by atoms with E-state index in [2.05, 4.69) is 21.2 Å². The van der Waals surface area contributed by atoms with Crippen LogP contribution in [-0.2, 0) is 14.8 Å². The molecule has 1 amide bonds. The Morgan fingerprint density at radius 2 is 2.00 bits per heavy atom. The van der Waals surface area contributed by atoms with E-state index in [1.807, 2.05) is 13.8 Å². The predicted octanol–water partition coefficient (Wildman–Crippen LogP) is 1.50. The second-order valence-corrected chi connectivity index (χ2v) is 7.48. The zero-order valence-electron chi connectivity index (χ0n) is 12.1. The summed E-state index contributed by atoms with van der Waals surface area (Å²) in [5, 5.41) is 7.91. The standard InChI is InChI=1S/C13H19BrN2O4S/c1-8(2)12(7-20-3)16-13(17)9-4-10(14)6-11(5-9)21(15,18)19/h4-6,8,12H,7H2,1-3H3,(H,16,17)(H2,15,18,19). The molecular weight excluding hydrogens is 360 g/mol. The quantitative estimate of drug-likeness (QED) is 0.783. The van der Waals surface area contributed by atoms with Crippen LogP contribution >= 0.6 is 15.9 Å². The highest BCUT2D eigenvalue weighted by Gasteiger charge is 2.19. The van der Waals surface area contributed by atoms with Crippen LogP contribution in [0.2, 0.25) is 0 Å². The van der Waals surface area contributed by atoms with Crippen molar-refractivity contribution in [1.82, 2.24) is 5.32 Å². The molecule has 0 bridgehead atoms. The molecule has 0 radical (unpaired) electrons. The van der Waals surface area contributed by atoms with Gasteiger partial charge in [0.2, 0.25) is 10.0 Å². The second-order valence-electron chi connectivity index (χ2n) is 5.00. The topological polar surface area (TPSA) is 98.5 Å². The van der Waals surface area contributed by atoms with E-state index in [4.69, 9.17) is 9.88 Å². The van der Waals surface area contributed by atoms with Crippen molar-refractivity contribution in [2.45, 2.75) is 24.8 Å². The number of nitrogens with two attached hydrogens (primary N) is 1. The highest BCUT2D eigenvalue weighted by molar-refractivity contribution is 9.10. The summed E-state index contributed by atoms with van der Waals surface area (Å²) in [6, 6.07) is 3.97. The molecule has 0 saturated heterocycles. The monoisotopic (exact) mass is 378 g/mol. The van der Waals surface area contributed by atoms with Gasteiger partial charge in [-0.25, -0.2) is 13.6 Å². The molecule has 0 spiro atoms. The van der Waals surface area contributed by atoms with E-state index in [1.54, 1.807) is 7.11 Å². The van der Waals surface area contributed by atoms with E-state index in [0.29, 0.717) is 11.1 Å². The lowest BCUT2D eigenvalue weighted by atomic mass is 10.0. The Labute approximate surface area is 133 Å². The van der Waals surface area contributed by atoms with E-state index in [9.17, 15) is 13.2 Å². The molecular formula is C13H19BrN2O4S. The third-order valence-electron chi connectivity index (χ3n) is 2.93. The van der Waals surface area contributed by atoms with Crippen LogP contribution in [0, 0.1) is 5.92 Å². The van der Waals surface area contributed by atoms with Crippen LogP contribution in [-0.4, -0.2) is 34.1 Å². The summed E-state index contributed by atoms with van der Waals surface area (Å²) in [5.41, 5.74) is 0.218. The Hall–Kier alpha value is -0.960. The predicted molar refractivity (Wildman–Crippen MR) is 83.5 cm³/mol. The van der Waals surface area contributed by atoms with Crippen LogP contribution in [0.1, 0.15) is 24.2 Å². The molecule has 1 rings (SSSR count). The number of halogens is 1. The van der Waals surface area contributed by atoms with Crippen molar-refractivity contribution in [2.75, 3.05) is 13.7 Å². The van der Waals surface area contributed by atoms with E-state index < -0.39 is 10.0 Å². The van der Waals surface area contributed by atoms with Crippen molar-refractivity contribution in [3.8, 4) is 0 Å². The number of hydrogen-bond acceptors (Lipinski definition) is 4. The van der Waals surface area contributed by atoms with Gasteiger partial charge < -0.3 is 10.1 Å². The smallest absolute Gasteiger partial charge is 0.251 e. The molecule has 0 saturated carbocycles. The Balaban J connectivity index is 3.05. The zero-order valence-corrected chi connectivity index (χ0v) is 14.5. The average Bonchev–Trinajstić information content (AvgIpc) is 2.36. The van der Waals surface area contributed by atoms with Gasteiger partial charge in [0, 0.05) is 17.1 Å². The molecule has 0 aromatic heterocycles. The summed E-state index contributed by atoms with van der Waals surface area (Å²) in [4.78, 5) is 12.1. The first-order valence-electron chi connectivity index (χ1n) is 6.28. The number of carbonyl (C=O) groups is 1. The largest absolute Gasteiger partial charge is 0.383 e. The maximum atomic E-state index is 12.2. The van der Waals surface area contributed by atoms with Gasteiger partial charge >= 0.3 is 0 Å². The van der Waals surface area contributed by atoms with Crippen molar-refractivity contribution in [3.63, 3.8) is 0 Å². The van der Waals surface area contributed by atoms with Gasteiger partial charge in [0.1, 0.15) is 0 Å². The van der Waals surface area contributed by atoms with E-state index in [0.717, 1.165) is 0 Å². The van der Waals surface area contributed by atoms with Crippen molar-refractivity contribution in [3.05, 3.63) is 28.2 Å². The Morgan fingerprint density at radius 1 is 1.38 bits per heavy atom. The Bertz CT molecular complexity index is 617. The molecule has 1 unspecified atom stereocenters. The Kier molecular flexibility index (Phi) is 6.33. The van der Waals surface area contributed by atoms with Gasteiger partial charge in [0.15, 0.2) is 0 Å². The van der Waals surface area contributed by atoms with E-state index in [1.165, 1.54) is 18.2 Å². The fourth-order valence-corrected chi connectivity index (χ4v) is 2.92. The van der Waals surface area contributed by atoms with Gasteiger partial charge in [-0.15, -0.1) is 0 Å². The molecule has 0 heterocycles. The number of carbonyl (C=O) groups excluding carboxylic acids is 1. The lowest BCUT2D eigenvalue weighted by Crippen LogP contribution is -2.41. The fourth-order valence-electron chi connectivity index (χ4n) is 1.69. The van der Waals surface area contributed by atoms with Gasteiger partial charge in [-0.2, -0.15) is 0 Å². The van der Waals surface area contributed by atoms with Crippen molar-refractivity contribution < 1.29 is 17.9 Å². The number of benzene rings is 1. The highest BCUT2D eigenvalue weighted by Crippen LogP contribution is 2.19. The van der Waals surface area contributed by atoms with Gasteiger partial charge in [0.25, 0.3) is 5.91 Å². The third kappa shape index (κ3) is 5.39. The number of amides is 1. The van der Waals surface area contributed by atoms with Crippen LogP contribution in [0.5, 0.6) is 0 Å². The van der Waals surface area contributed by atoms with Gasteiger partial charge in [-0.05, 0) is 24.1 Å². The average molecular weight is 379 g/mol. The molecule has 0 fully saturated rings. The van der Waals surface area contributed by atoms with Crippen LogP contribution in [0.25, 0.3) is 0 Å². The minimum Gasteiger partial charge on any atom is -0.383 e. The lowest BCUT2D eigenvalue weighted by Gasteiger charge is -2.21. The minimum atomic E-state index is -3.87. The Morgan fingerprint density at radius 3 is 2.48 bits per heavy atom. The second kappa shape index (κ2) is 7.35. The first-order valence-corrected chi connectivity index (χ1v) is 8.62. The van der Waals surface area contributed by atoms with Gasteiger partial charge in [0.05, 0.1) is 17.5 Å². The molecule has 1 aromatic rings. The molecule has 118 valence electrons. The van der Waals surface area contributed by atoms with Crippen molar-refractivity contribution in [2.24, 2.45) is 11.1 Å². The molecule has 1 aromatic carbocycles. The molecule has 3 N–H and O–H groups in total. The number of ether oxygens (including phenoxy) is 1. The van der Waals surface area contributed by atoms with Crippen molar-refractivity contribution in [1.29, 1.82) is 0 Å². The fraction of sp³-hybridized carbons (Fsp3) is 0.462. The minimum absolute atomic E-state index is 0.116. The molecule has 0 aliphatic carbocycles. The number of primary sulfonamides is 1. The molecule has 6 nitrogen and oxygen atoms in total. The van der Waals surface area contributed by atoms with Crippen LogP contribution in [0.3, 0.4) is 0 Å². The van der Waals surface area contributed by atoms with Crippen LogP contribution in [0.15, 0.2) is 27.6 Å². The van der Waals surface area contributed by atoms with E-state index in [-0.39, 0.29) is 28.3 Å². The maximum Gasteiger partial charge on any atom is 0.251 e. The van der Waals surface area contributed by atoms with Gasteiger partial charge in [-0.1, -0.05) is 29.8 Å². The number of methoxy groups -OCH3 is 1. The summed E-state index contributed by atoms with van der Waals surface area (Å²) in [5.74, 6) is -0.198. The summed E-state index contributed by atoms with van der Waals surface area (Å²) >= 11 is 3.17. The summed E-state index contributed by atoms with van der Waals surface area (Å²) in [6.45, 7) is 4.29. The third-order valence-corrected chi connectivity index (χ3v) is 4.28. The normalized spacial score (nSPS) is 13.2. The highest BCUT2D eigenvalue weighted by atomic mass is 79.9. The van der Waals surface area contributed by atoms with Crippen LogP contribution < -0.4 is 10.5 Å². The molecule has 21 heavy (non-hydrogen) atoms. The first kappa shape index (κ1) is 18.1. The number of hydrogen-bond donors (Lipinski definition) is 2. The summed E-state index contributed by atoms with van der Waals surface area (Å²) < 4.78 is 28.3. The molecule has 1 atom stereocenters. The summed E-state index contributed by atoms with van der Waals surface area (Å²) in [7, 11) is -2.32. The van der Waals surface area contributed by atoms with Crippen LogP contribution in [0.4, 0.5) is 0 Å². The zero-order chi connectivity index (χ0) is 16.2. The van der Waals surface area contributed by atoms with Crippen molar-refractivity contribution >= 4 is 31.9 Å².